The standard InChI is InChI=1S/C8H9BrN2S/c1-12-8(10)11-7-4-2-3-6(9)5-7/h2-5H,1H3,(H2,10,11). The molecule has 0 heterocycles. The van der Waals surface area contributed by atoms with Gasteiger partial charge in [0.2, 0.25) is 0 Å². The van der Waals surface area contributed by atoms with Crippen molar-refractivity contribution in [2.45, 2.75) is 0 Å². The van der Waals surface area contributed by atoms with Crippen molar-refractivity contribution in [2.75, 3.05) is 11.6 Å². The second-order valence-electron chi connectivity index (χ2n) is 2.17. The van der Waals surface area contributed by atoms with Crippen molar-refractivity contribution in [3.63, 3.8) is 0 Å². The molecule has 0 spiro atoms. The summed E-state index contributed by atoms with van der Waals surface area (Å²) in [5.74, 6) is 0. The molecule has 1 aromatic rings. The van der Waals surface area contributed by atoms with Crippen molar-refractivity contribution in [1.82, 2.24) is 0 Å². The van der Waals surface area contributed by atoms with Gasteiger partial charge in [-0.15, -0.1) is 0 Å². The number of amidine groups is 1. The van der Waals surface area contributed by atoms with E-state index in [2.05, 4.69) is 21.2 Å². The highest BCUT2D eigenvalue weighted by Crippen LogP contribution is 2.16. The third-order valence-corrected chi connectivity index (χ3v) is 2.29. The van der Waals surface area contributed by atoms with Gasteiger partial charge in [-0.05, 0) is 24.5 Å². The van der Waals surface area contributed by atoms with Gasteiger partial charge in [0.1, 0.15) is 0 Å². The summed E-state index contributed by atoms with van der Waals surface area (Å²) in [6.45, 7) is 0. The molecular formula is C8H9BrN2S. The number of rotatable bonds is 1. The molecule has 12 heavy (non-hydrogen) atoms. The molecule has 0 amide bonds. The molecule has 0 aromatic heterocycles. The lowest BCUT2D eigenvalue weighted by molar-refractivity contribution is 1.51. The molecule has 0 fully saturated rings. The molecule has 0 saturated carbocycles. The van der Waals surface area contributed by atoms with Crippen LogP contribution in [0.15, 0.2) is 28.7 Å². The fourth-order valence-electron chi connectivity index (χ4n) is 0.748. The van der Waals surface area contributed by atoms with Crippen molar-refractivity contribution < 1.29 is 0 Å². The average molecular weight is 245 g/mol. The van der Waals surface area contributed by atoms with Gasteiger partial charge >= 0.3 is 0 Å². The van der Waals surface area contributed by atoms with Crippen LogP contribution in [0.1, 0.15) is 0 Å². The van der Waals surface area contributed by atoms with Gasteiger partial charge in [0.25, 0.3) is 0 Å². The maximum Gasteiger partial charge on any atom is 0.157 e. The molecule has 1 aromatic carbocycles. The Labute approximate surface area is 84.4 Å². The molecule has 0 atom stereocenters. The molecule has 2 nitrogen and oxygen atoms in total. The maximum absolute atomic E-state index is 7.38. The van der Waals surface area contributed by atoms with Crippen LogP contribution in [0, 0.1) is 5.41 Å². The van der Waals surface area contributed by atoms with Gasteiger partial charge in [-0.25, -0.2) is 0 Å². The molecule has 0 aliphatic heterocycles. The Bertz CT molecular complexity index is 288. The summed E-state index contributed by atoms with van der Waals surface area (Å²) in [7, 11) is 0. The van der Waals surface area contributed by atoms with Crippen molar-refractivity contribution in [2.24, 2.45) is 0 Å². The molecule has 0 aliphatic rings. The maximum atomic E-state index is 7.38. The SMILES string of the molecule is CSC(=N)Nc1cccc(Br)c1. The summed E-state index contributed by atoms with van der Waals surface area (Å²) in [4.78, 5) is 0. The van der Waals surface area contributed by atoms with E-state index in [1.807, 2.05) is 30.5 Å². The number of thioether (sulfide) groups is 1. The summed E-state index contributed by atoms with van der Waals surface area (Å²) in [5.41, 5.74) is 0.934. The molecule has 64 valence electrons. The van der Waals surface area contributed by atoms with E-state index in [9.17, 15) is 0 Å². The summed E-state index contributed by atoms with van der Waals surface area (Å²) in [5, 5.41) is 10.8. The van der Waals surface area contributed by atoms with Gasteiger partial charge in [-0.2, -0.15) is 0 Å². The number of benzene rings is 1. The van der Waals surface area contributed by atoms with Crippen LogP contribution in [0.4, 0.5) is 5.69 Å². The third kappa shape index (κ3) is 2.87. The fourth-order valence-corrected chi connectivity index (χ4v) is 1.37. The Morgan fingerprint density at radius 1 is 1.58 bits per heavy atom. The zero-order valence-electron chi connectivity index (χ0n) is 6.60. The van der Waals surface area contributed by atoms with Crippen molar-refractivity contribution in [3.05, 3.63) is 28.7 Å². The number of halogens is 1. The monoisotopic (exact) mass is 244 g/mol. The molecule has 4 heteroatoms. The van der Waals surface area contributed by atoms with E-state index < -0.39 is 0 Å². The zero-order chi connectivity index (χ0) is 8.97. The first-order valence-electron chi connectivity index (χ1n) is 3.37. The summed E-state index contributed by atoms with van der Waals surface area (Å²) >= 11 is 4.74. The highest BCUT2D eigenvalue weighted by Gasteiger charge is 1.95. The molecular weight excluding hydrogens is 236 g/mol. The van der Waals surface area contributed by atoms with Crippen molar-refractivity contribution in [1.29, 1.82) is 5.41 Å². The number of hydrogen-bond acceptors (Lipinski definition) is 2. The van der Waals surface area contributed by atoms with Crippen LogP contribution in [-0.2, 0) is 0 Å². The van der Waals surface area contributed by atoms with Gasteiger partial charge in [0, 0.05) is 10.2 Å². The first-order chi connectivity index (χ1) is 5.72. The van der Waals surface area contributed by atoms with E-state index in [1.165, 1.54) is 11.8 Å². The first kappa shape index (κ1) is 9.61. The van der Waals surface area contributed by atoms with E-state index in [0.29, 0.717) is 5.17 Å². The van der Waals surface area contributed by atoms with Gasteiger partial charge in [-0.3, -0.25) is 5.41 Å². The zero-order valence-corrected chi connectivity index (χ0v) is 9.00. The number of anilines is 1. The normalized spacial score (nSPS) is 9.50. The van der Waals surface area contributed by atoms with Crippen LogP contribution >= 0.6 is 27.7 Å². The summed E-state index contributed by atoms with van der Waals surface area (Å²) in [6.07, 6.45) is 1.87. The van der Waals surface area contributed by atoms with E-state index in [-0.39, 0.29) is 0 Å². The van der Waals surface area contributed by atoms with Crippen LogP contribution in [0.3, 0.4) is 0 Å². The van der Waals surface area contributed by atoms with E-state index in [1.54, 1.807) is 0 Å². The average Bonchev–Trinajstić information content (AvgIpc) is 2.04. The van der Waals surface area contributed by atoms with Crippen molar-refractivity contribution in [3.8, 4) is 0 Å². The largest absolute Gasteiger partial charge is 0.335 e. The number of hydrogen-bond donors (Lipinski definition) is 2. The lowest BCUT2D eigenvalue weighted by Crippen LogP contribution is -2.04. The first-order valence-corrected chi connectivity index (χ1v) is 5.39. The molecule has 2 N–H and O–H groups in total. The molecule has 1 rings (SSSR count). The fraction of sp³-hybridized carbons (Fsp3) is 0.125. The molecule has 0 aliphatic carbocycles. The number of nitrogens with one attached hydrogen (secondary N) is 2. The minimum atomic E-state index is 0.452. The van der Waals surface area contributed by atoms with E-state index >= 15 is 0 Å². The molecule has 0 unspecified atom stereocenters. The highest BCUT2D eigenvalue weighted by atomic mass is 79.9. The Kier molecular flexibility index (Phi) is 3.62. The van der Waals surface area contributed by atoms with Gasteiger partial charge < -0.3 is 5.32 Å². The minimum Gasteiger partial charge on any atom is -0.335 e. The van der Waals surface area contributed by atoms with Crippen molar-refractivity contribution >= 4 is 38.5 Å². The molecule has 0 radical (unpaired) electrons. The van der Waals surface area contributed by atoms with Gasteiger partial charge in [0.15, 0.2) is 5.17 Å². The topological polar surface area (TPSA) is 35.9 Å². The lowest BCUT2D eigenvalue weighted by atomic mass is 10.3. The summed E-state index contributed by atoms with van der Waals surface area (Å²) < 4.78 is 1.02. The Morgan fingerprint density at radius 3 is 2.92 bits per heavy atom. The Balaban J connectivity index is 2.69. The van der Waals surface area contributed by atoms with Crippen LogP contribution in [0.25, 0.3) is 0 Å². The van der Waals surface area contributed by atoms with Crippen LogP contribution in [-0.4, -0.2) is 11.4 Å². The third-order valence-electron chi connectivity index (χ3n) is 1.29. The van der Waals surface area contributed by atoms with Crippen LogP contribution in [0.5, 0.6) is 0 Å². The minimum absolute atomic E-state index is 0.452. The summed E-state index contributed by atoms with van der Waals surface area (Å²) in [6, 6.07) is 7.74. The smallest absolute Gasteiger partial charge is 0.157 e. The van der Waals surface area contributed by atoms with Gasteiger partial charge in [-0.1, -0.05) is 33.8 Å². The Morgan fingerprint density at radius 2 is 2.33 bits per heavy atom. The predicted molar refractivity (Wildman–Crippen MR) is 59.0 cm³/mol. The predicted octanol–water partition coefficient (Wildman–Crippen LogP) is 3.16. The van der Waals surface area contributed by atoms with E-state index in [4.69, 9.17) is 5.41 Å². The second kappa shape index (κ2) is 4.52. The van der Waals surface area contributed by atoms with Crippen LogP contribution in [0.2, 0.25) is 0 Å². The molecule has 0 bridgehead atoms. The Hall–Kier alpha value is -0.480. The second-order valence-corrected chi connectivity index (χ2v) is 3.90. The highest BCUT2D eigenvalue weighted by molar-refractivity contribution is 9.10. The quantitative estimate of drug-likeness (QED) is 0.589. The van der Waals surface area contributed by atoms with E-state index in [0.717, 1.165) is 10.2 Å². The lowest BCUT2D eigenvalue weighted by Gasteiger charge is -2.04. The molecule has 0 saturated heterocycles. The van der Waals surface area contributed by atoms with Crippen LogP contribution < -0.4 is 5.32 Å². The van der Waals surface area contributed by atoms with Gasteiger partial charge in [0.05, 0.1) is 0 Å².